The number of fused-ring (bicyclic) bond motifs is 1. The summed E-state index contributed by atoms with van der Waals surface area (Å²) in [5.41, 5.74) is 4.31. The van der Waals surface area contributed by atoms with Crippen molar-refractivity contribution in [2.45, 2.75) is 32.6 Å². The zero-order valence-electron chi connectivity index (χ0n) is 14.0. The van der Waals surface area contributed by atoms with Crippen molar-refractivity contribution in [1.82, 2.24) is 0 Å². The highest BCUT2D eigenvalue weighted by atomic mass is 16.6. The van der Waals surface area contributed by atoms with Crippen LogP contribution in [0.1, 0.15) is 40.7 Å². The fourth-order valence-electron chi connectivity index (χ4n) is 3.25. The summed E-state index contributed by atoms with van der Waals surface area (Å²) < 4.78 is 0. The summed E-state index contributed by atoms with van der Waals surface area (Å²) in [6.07, 6.45) is 5.78. The van der Waals surface area contributed by atoms with Crippen molar-refractivity contribution >= 4 is 23.3 Å². The van der Waals surface area contributed by atoms with Crippen molar-refractivity contribution in [3.05, 3.63) is 74.3 Å². The highest BCUT2D eigenvalue weighted by molar-refractivity contribution is 6.20. The van der Waals surface area contributed by atoms with Crippen LogP contribution in [0.15, 0.2) is 36.4 Å². The first-order valence-electron chi connectivity index (χ1n) is 8.28. The van der Waals surface area contributed by atoms with Gasteiger partial charge in [0.2, 0.25) is 0 Å². The van der Waals surface area contributed by atoms with Gasteiger partial charge in [-0.15, -0.1) is 0 Å². The summed E-state index contributed by atoms with van der Waals surface area (Å²) in [7, 11) is 0. The van der Waals surface area contributed by atoms with Crippen LogP contribution in [-0.4, -0.2) is 16.0 Å². The first-order chi connectivity index (χ1) is 12.0. The van der Waals surface area contributed by atoms with E-state index >= 15 is 0 Å². The average Bonchev–Trinajstić information content (AvgIpc) is 2.60. The molecule has 0 heterocycles. The van der Waals surface area contributed by atoms with E-state index in [-0.39, 0.29) is 11.3 Å². The first kappa shape index (κ1) is 16.9. The van der Waals surface area contributed by atoms with Crippen LogP contribution in [0.4, 0.5) is 5.69 Å². The van der Waals surface area contributed by atoms with E-state index in [4.69, 9.17) is 0 Å². The molecule has 0 fully saturated rings. The van der Waals surface area contributed by atoms with Crippen molar-refractivity contribution < 1.29 is 14.8 Å². The maximum atomic E-state index is 11.8. The van der Waals surface area contributed by atoms with Crippen LogP contribution in [0.25, 0.3) is 11.6 Å². The lowest BCUT2D eigenvalue weighted by Crippen LogP contribution is -2.05. The maximum Gasteiger partial charge on any atom is 0.336 e. The summed E-state index contributed by atoms with van der Waals surface area (Å²) in [4.78, 5) is 22.4. The minimum Gasteiger partial charge on any atom is -0.478 e. The number of hydrogen-bond donors (Lipinski definition) is 1. The van der Waals surface area contributed by atoms with Gasteiger partial charge in [-0.1, -0.05) is 30.3 Å². The number of carboxylic acid groups (broad SMARTS) is 1. The Morgan fingerprint density at radius 2 is 1.84 bits per heavy atom. The highest BCUT2D eigenvalue weighted by Crippen LogP contribution is 2.28. The summed E-state index contributed by atoms with van der Waals surface area (Å²) >= 11 is 0. The second-order valence-corrected chi connectivity index (χ2v) is 6.36. The van der Waals surface area contributed by atoms with Gasteiger partial charge in [-0.05, 0) is 60.9 Å². The van der Waals surface area contributed by atoms with Gasteiger partial charge in [0.25, 0.3) is 5.69 Å². The summed E-state index contributed by atoms with van der Waals surface area (Å²) in [5.74, 6) is -1.04. The standard InChI is InChI=1S/C20H19NO4/c1-13-6-7-14(11-19(13)21(24)25)10-18(20(22)23)17-9-8-15-4-2-3-5-16(15)12-17/h6-12H,2-5H2,1H3,(H,22,23)/b18-10-. The lowest BCUT2D eigenvalue weighted by Gasteiger charge is -2.16. The van der Waals surface area contributed by atoms with Gasteiger partial charge in [-0.2, -0.15) is 0 Å². The summed E-state index contributed by atoms with van der Waals surface area (Å²) in [6, 6.07) is 10.5. The molecule has 3 rings (SSSR count). The molecule has 0 saturated carbocycles. The average molecular weight is 337 g/mol. The van der Waals surface area contributed by atoms with Gasteiger partial charge in [-0.25, -0.2) is 4.79 Å². The minimum absolute atomic E-state index is 0.0103. The van der Waals surface area contributed by atoms with Crippen LogP contribution in [0.2, 0.25) is 0 Å². The molecule has 0 amide bonds. The van der Waals surface area contributed by atoms with Crippen molar-refractivity contribution in [3.8, 4) is 0 Å². The van der Waals surface area contributed by atoms with E-state index in [9.17, 15) is 20.0 Å². The van der Waals surface area contributed by atoms with Crippen molar-refractivity contribution in [3.63, 3.8) is 0 Å². The van der Waals surface area contributed by atoms with Crippen LogP contribution in [0, 0.1) is 17.0 Å². The smallest absolute Gasteiger partial charge is 0.336 e. The van der Waals surface area contributed by atoms with Gasteiger partial charge >= 0.3 is 5.97 Å². The van der Waals surface area contributed by atoms with Gasteiger partial charge in [0.1, 0.15) is 0 Å². The molecule has 2 aromatic carbocycles. The molecule has 0 atom stereocenters. The molecule has 25 heavy (non-hydrogen) atoms. The third-order valence-corrected chi connectivity index (χ3v) is 4.63. The molecule has 0 spiro atoms. The summed E-state index contributed by atoms with van der Waals surface area (Å²) in [6.45, 7) is 1.66. The van der Waals surface area contributed by atoms with E-state index in [2.05, 4.69) is 0 Å². The number of benzene rings is 2. The van der Waals surface area contributed by atoms with E-state index in [1.54, 1.807) is 19.1 Å². The Kier molecular flexibility index (Phi) is 4.65. The zero-order chi connectivity index (χ0) is 18.0. The molecule has 128 valence electrons. The number of aryl methyl sites for hydroxylation is 3. The fourth-order valence-corrected chi connectivity index (χ4v) is 3.25. The number of rotatable bonds is 4. The zero-order valence-corrected chi connectivity index (χ0v) is 14.0. The quantitative estimate of drug-likeness (QED) is 0.388. The molecule has 0 bridgehead atoms. The van der Waals surface area contributed by atoms with E-state index in [1.165, 1.54) is 29.7 Å². The first-order valence-corrected chi connectivity index (χ1v) is 8.28. The van der Waals surface area contributed by atoms with Crippen LogP contribution >= 0.6 is 0 Å². The molecule has 2 aromatic rings. The van der Waals surface area contributed by atoms with Crippen molar-refractivity contribution in [1.29, 1.82) is 0 Å². The molecule has 1 aliphatic carbocycles. The second-order valence-electron chi connectivity index (χ2n) is 6.36. The molecule has 5 heteroatoms. The van der Waals surface area contributed by atoms with Gasteiger partial charge in [0, 0.05) is 11.6 Å². The molecule has 1 N–H and O–H groups in total. The Labute approximate surface area is 145 Å². The Bertz CT molecular complexity index is 883. The predicted molar refractivity (Wildman–Crippen MR) is 96.4 cm³/mol. The van der Waals surface area contributed by atoms with Crippen molar-refractivity contribution in [2.24, 2.45) is 0 Å². The molecule has 0 saturated heterocycles. The van der Waals surface area contributed by atoms with Gasteiger partial charge < -0.3 is 5.11 Å². The molecular formula is C20H19NO4. The van der Waals surface area contributed by atoms with Crippen LogP contribution in [0.5, 0.6) is 0 Å². The van der Waals surface area contributed by atoms with E-state index in [1.807, 2.05) is 18.2 Å². The van der Waals surface area contributed by atoms with Crippen molar-refractivity contribution in [2.75, 3.05) is 0 Å². The van der Waals surface area contributed by atoms with E-state index in [0.29, 0.717) is 16.7 Å². The largest absolute Gasteiger partial charge is 0.478 e. The van der Waals surface area contributed by atoms with E-state index in [0.717, 1.165) is 19.3 Å². The Balaban J connectivity index is 2.05. The van der Waals surface area contributed by atoms with E-state index < -0.39 is 10.9 Å². The molecule has 1 aliphatic rings. The SMILES string of the molecule is Cc1ccc(/C=C(\C(=O)O)c2ccc3c(c2)CCCC3)cc1[N+](=O)[O-]. The number of hydrogen-bond acceptors (Lipinski definition) is 3. The Morgan fingerprint density at radius 3 is 2.52 bits per heavy atom. The van der Waals surface area contributed by atoms with Crippen LogP contribution < -0.4 is 0 Å². The molecule has 0 radical (unpaired) electrons. The number of nitro groups is 1. The number of nitro benzene ring substituents is 1. The highest BCUT2D eigenvalue weighted by Gasteiger charge is 2.16. The summed E-state index contributed by atoms with van der Waals surface area (Å²) in [5, 5.41) is 20.7. The number of nitrogens with zero attached hydrogens (tertiary/aromatic N) is 1. The topological polar surface area (TPSA) is 80.4 Å². The van der Waals surface area contributed by atoms with Crippen LogP contribution in [0.3, 0.4) is 0 Å². The number of carboxylic acids is 1. The Hall–Kier alpha value is -2.95. The normalized spacial score (nSPS) is 14.0. The van der Waals surface area contributed by atoms with Gasteiger partial charge in [0.15, 0.2) is 0 Å². The molecule has 0 unspecified atom stereocenters. The third-order valence-electron chi connectivity index (χ3n) is 4.63. The maximum absolute atomic E-state index is 11.8. The van der Waals surface area contributed by atoms with Gasteiger partial charge in [0.05, 0.1) is 10.5 Å². The molecule has 0 aliphatic heterocycles. The third kappa shape index (κ3) is 3.60. The predicted octanol–water partition coefficient (Wildman–Crippen LogP) is 4.41. The minimum atomic E-state index is -1.04. The number of aliphatic carboxylic acids is 1. The molecular weight excluding hydrogens is 318 g/mol. The number of carbonyl (C=O) groups is 1. The lowest BCUT2D eigenvalue weighted by atomic mass is 9.88. The fraction of sp³-hybridized carbons (Fsp3) is 0.250. The molecule has 0 aromatic heterocycles. The second kappa shape index (κ2) is 6.89. The van der Waals surface area contributed by atoms with Crippen LogP contribution in [-0.2, 0) is 17.6 Å². The van der Waals surface area contributed by atoms with Gasteiger partial charge in [-0.3, -0.25) is 10.1 Å². The lowest BCUT2D eigenvalue weighted by molar-refractivity contribution is -0.385. The molecule has 5 nitrogen and oxygen atoms in total. The monoisotopic (exact) mass is 337 g/mol. The Morgan fingerprint density at radius 1 is 1.12 bits per heavy atom.